The van der Waals surface area contributed by atoms with Crippen LogP contribution in [-0.2, 0) is 5.41 Å². The molecule has 0 fully saturated rings. The van der Waals surface area contributed by atoms with E-state index in [-0.39, 0.29) is 5.41 Å². The number of aromatic nitrogens is 2. The predicted molar refractivity (Wildman–Crippen MR) is 135 cm³/mol. The van der Waals surface area contributed by atoms with Gasteiger partial charge in [0.2, 0.25) is 0 Å². The summed E-state index contributed by atoms with van der Waals surface area (Å²) < 4.78 is 6.67. The smallest absolute Gasteiger partial charge is 0.143 e. The molecule has 2 heterocycles. The Morgan fingerprint density at radius 3 is 2.15 bits per heavy atom. The molecule has 0 aliphatic heterocycles. The highest BCUT2D eigenvalue weighted by molar-refractivity contribution is 6.18. The minimum absolute atomic E-state index is 0.344. The first-order valence-corrected chi connectivity index (χ1v) is 11.4. The zero-order valence-electron chi connectivity index (χ0n) is 18.8. The van der Waals surface area contributed by atoms with Crippen LogP contribution in [0.2, 0.25) is 0 Å². The molecule has 0 bridgehead atoms. The van der Waals surface area contributed by atoms with Crippen LogP contribution in [0, 0.1) is 6.92 Å². The van der Waals surface area contributed by atoms with E-state index in [0.717, 1.165) is 61.2 Å². The Labute approximate surface area is 191 Å². The molecule has 0 radical (unpaired) electrons. The molecule has 0 atom stereocenters. The van der Waals surface area contributed by atoms with Crippen molar-refractivity contribution in [2.24, 2.45) is 0 Å². The van der Waals surface area contributed by atoms with Crippen molar-refractivity contribution in [1.82, 2.24) is 9.97 Å². The van der Waals surface area contributed by atoms with Crippen LogP contribution in [0.3, 0.4) is 0 Å². The SMILES string of the molecule is Cc1ccc2c3c1oc1c(-c4ccccc4)ccc(c13)C(C)(C)c1nc3ccccc3nc1-2. The van der Waals surface area contributed by atoms with E-state index in [0.29, 0.717) is 0 Å². The maximum Gasteiger partial charge on any atom is 0.143 e. The third-order valence-electron chi connectivity index (χ3n) is 7.14. The molecule has 2 aromatic heterocycles. The quantitative estimate of drug-likeness (QED) is 0.269. The van der Waals surface area contributed by atoms with Gasteiger partial charge in [0.25, 0.3) is 0 Å². The van der Waals surface area contributed by atoms with Crippen LogP contribution in [0.5, 0.6) is 0 Å². The van der Waals surface area contributed by atoms with Crippen molar-refractivity contribution >= 4 is 33.0 Å². The topological polar surface area (TPSA) is 38.9 Å². The van der Waals surface area contributed by atoms with Gasteiger partial charge in [-0.05, 0) is 35.7 Å². The van der Waals surface area contributed by atoms with Gasteiger partial charge in [-0.15, -0.1) is 0 Å². The number of benzene rings is 4. The molecule has 0 saturated carbocycles. The fourth-order valence-electron chi connectivity index (χ4n) is 5.42. The molecular weight excluding hydrogens is 404 g/mol. The van der Waals surface area contributed by atoms with Gasteiger partial charge in [-0.1, -0.05) is 80.6 Å². The van der Waals surface area contributed by atoms with E-state index in [1.54, 1.807) is 0 Å². The van der Waals surface area contributed by atoms with E-state index in [4.69, 9.17) is 14.4 Å². The van der Waals surface area contributed by atoms with Gasteiger partial charge in [-0.2, -0.15) is 0 Å². The number of furan rings is 1. The third-order valence-corrected chi connectivity index (χ3v) is 7.14. The highest BCUT2D eigenvalue weighted by Crippen LogP contribution is 2.51. The van der Waals surface area contributed by atoms with Gasteiger partial charge in [-0.3, -0.25) is 0 Å². The largest absolute Gasteiger partial charge is 0.455 e. The predicted octanol–water partition coefficient (Wildman–Crippen LogP) is 7.81. The molecule has 0 saturated heterocycles. The van der Waals surface area contributed by atoms with E-state index in [9.17, 15) is 0 Å². The monoisotopic (exact) mass is 426 g/mol. The fourth-order valence-corrected chi connectivity index (χ4v) is 5.42. The highest BCUT2D eigenvalue weighted by Gasteiger charge is 2.37. The lowest BCUT2D eigenvalue weighted by Gasteiger charge is -2.26. The average Bonchev–Trinajstić information content (AvgIpc) is 3.22. The first-order chi connectivity index (χ1) is 16.0. The van der Waals surface area contributed by atoms with Crippen LogP contribution in [0.1, 0.15) is 30.7 Å². The van der Waals surface area contributed by atoms with E-state index < -0.39 is 0 Å². The molecule has 158 valence electrons. The van der Waals surface area contributed by atoms with Crippen molar-refractivity contribution in [2.75, 3.05) is 0 Å². The maximum atomic E-state index is 6.67. The minimum Gasteiger partial charge on any atom is -0.455 e. The molecule has 7 rings (SSSR count). The van der Waals surface area contributed by atoms with Crippen LogP contribution in [0.4, 0.5) is 0 Å². The Bertz CT molecular complexity index is 1740. The fraction of sp³-hybridized carbons (Fsp3) is 0.133. The van der Waals surface area contributed by atoms with E-state index >= 15 is 0 Å². The van der Waals surface area contributed by atoms with Crippen molar-refractivity contribution < 1.29 is 4.42 Å². The molecule has 3 nitrogen and oxygen atoms in total. The summed E-state index contributed by atoms with van der Waals surface area (Å²) in [5.74, 6) is 0. The number of nitrogens with zero attached hydrogens (tertiary/aromatic N) is 2. The minimum atomic E-state index is -0.344. The normalized spacial score (nSPS) is 14.2. The summed E-state index contributed by atoms with van der Waals surface area (Å²) in [6.07, 6.45) is 0. The molecule has 0 N–H and O–H groups in total. The first-order valence-electron chi connectivity index (χ1n) is 11.4. The molecule has 6 aromatic rings. The number of hydrogen-bond acceptors (Lipinski definition) is 3. The maximum absolute atomic E-state index is 6.67. The lowest BCUT2D eigenvalue weighted by Crippen LogP contribution is -2.22. The summed E-state index contributed by atoms with van der Waals surface area (Å²) in [4.78, 5) is 10.3. The molecular formula is C30H22N2O. The summed E-state index contributed by atoms with van der Waals surface area (Å²) in [5, 5.41) is 2.33. The average molecular weight is 427 g/mol. The third kappa shape index (κ3) is 2.39. The Kier molecular flexibility index (Phi) is 3.54. The van der Waals surface area contributed by atoms with Crippen molar-refractivity contribution in [3.63, 3.8) is 0 Å². The van der Waals surface area contributed by atoms with Crippen LogP contribution in [0.25, 0.3) is 55.4 Å². The second-order valence-electron chi connectivity index (χ2n) is 9.50. The number of rotatable bonds is 1. The van der Waals surface area contributed by atoms with Gasteiger partial charge in [0.15, 0.2) is 0 Å². The van der Waals surface area contributed by atoms with Crippen LogP contribution in [-0.4, -0.2) is 9.97 Å². The Hall–Kier alpha value is -3.98. The molecule has 4 aromatic carbocycles. The zero-order chi connectivity index (χ0) is 22.3. The Morgan fingerprint density at radius 1 is 0.667 bits per heavy atom. The lowest BCUT2D eigenvalue weighted by molar-refractivity contribution is 0.623. The zero-order valence-corrected chi connectivity index (χ0v) is 18.8. The summed E-state index contributed by atoms with van der Waals surface area (Å²) in [5.41, 5.74) is 11.1. The molecule has 0 spiro atoms. The second-order valence-corrected chi connectivity index (χ2v) is 9.50. The van der Waals surface area contributed by atoms with Crippen LogP contribution >= 0.6 is 0 Å². The van der Waals surface area contributed by atoms with E-state index in [2.05, 4.69) is 69.3 Å². The molecule has 0 amide bonds. The van der Waals surface area contributed by atoms with Gasteiger partial charge in [0, 0.05) is 27.3 Å². The number of aryl methyl sites for hydroxylation is 1. The van der Waals surface area contributed by atoms with Gasteiger partial charge in [-0.25, -0.2) is 9.97 Å². The summed E-state index contributed by atoms with van der Waals surface area (Å²) in [7, 11) is 0. The first kappa shape index (κ1) is 18.6. The highest BCUT2D eigenvalue weighted by atomic mass is 16.3. The van der Waals surface area contributed by atoms with Crippen molar-refractivity contribution in [3.05, 3.63) is 95.7 Å². The number of para-hydroxylation sites is 2. The molecule has 33 heavy (non-hydrogen) atoms. The number of hydrogen-bond donors (Lipinski definition) is 0. The molecule has 1 aliphatic carbocycles. The summed E-state index contributed by atoms with van der Waals surface area (Å²) in [6, 6.07) is 27.4. The molecule has 0 unspecified atom stereocenters. The van der Waals surface area contributed by atoms with Gasteiger partial charge < -0.3 is 4.42 Å². The van der Waals surface area contributed by atoms with Gasteiger partial charge >= 0.3 is 0 Å². The van der Waals surface area contributed by atoms with Crippen LogP contribution in [0.15, 0.2) is 83.3 Å². The van der Waals surface area contributed by atoms with Crippen LogP contribution < -0.4 is 0 Å². The van der Waals surface area contributed by atoms with Crippen molar-refractivity contribution in [1.29, 1.82) is 0 Å². The van der Waals surface area contributed by atoms with Gasteiger partial charge in [0.05, 0.1) is 22.4 Å². The number of fused-ring (bicyclic) bond motifs is 3. The molecule has 1 aliphatic rings. The standard InChI is InChI=1S/C30H22N2O/c1-17-13-14-20-24-25-21(16-15-19(28(25)33-27(17)24)18-9-5-4-6-10-18)30(2,3)29-26(20)31-22-11-7-8-12-23(22)32-29/h4-16H,1-3H3. The molecule has 3 heteroatoms. The van der Waals surface area contributed by atoms with E-state index in [1.165, 1.54) is 10.9 Å². The summed E-state index contributed by atoms with van der Waals surface area (Å²) in [6.45, 7) is 6.63. The summed E-state index contributed by atoms with van der Waals surface area (Å²) >= 11 is 0. The second kappa shape index (κ2) is 6.29. The Balaban J connectivity index is 1.71. The van der Waals surface area contributed by atoms with Gasteiger partial charge in [0.1, 0.15) is 11.2 Å². The van der Waals surface area contributed by atoms with Crippen molar-refractivity contribution in [3.8, 4) is 22.4 Å². The van der Waals surface area contributed by atoms with E-state index in [1.807, 2.05) is 30.3 Å². The lowest BCUT2D eigenvalue weighted by atomic mass is 9.79. The Morgan fingerprint density at radius 2 is 1.36 bits per heavy atom. The van der Waals surface area contributed by atoms with Crippen molar-refractivity contribution in [2.45, 2.75) is 26.2 Å².